The number of piperidine rings is 1. The minimum Gasteiger partial charge on any atom is -0.444 e. The molecule has 0 bridgehead atoms. The number of nitrogens with zero attached hydrogens (tertiary/aromatic N) is 6. The smallest absolute Gasteiger partial charge is 0.410 e. The van der Waals surface area contributed by atoms with Crippen molar-refractivity contribution in [3.05, 3.63) is 48.2 Å². The second kappa shape index (κ2) is 12.3. The molecule has 3 aliphatic rings. The number of hydrogen-bond donors (Lipinski definition) is 3. The molecule has 1 fully saturated rings. The van der Waals surface area contributed by atoms with Crippen LogP contribution in [-0.4, -0.2) is 85.7 Å². The molecule has 242 valence electrons. The van der Waals surface area contributed by atoms with Gasteiger partial charge in [-0.15, -0.1) is 0 Å². The van der Waals surface area contributed by atoms with Gasteiger partial charge in [0, 0.05) is 55.0 Å². The second-order valence-electron chi connectivity index (χ2n) is 12.0. The van der Waals surface area contributed by atoms with Gasteiger partial charge in [0.15, 0.2) is 11.6 Å². The molecule has 1 saturated heterocycles. The highest BCUT2D eigenvalue weighted by atomic mass is 19.3. The fourth-order valence-corrected chi connectivity index (χ4v) is 5.54. The van der Waals surface area contributed by atoms with Crippen LogP contribution in [0.25, 0.3) is 22.2 Å². The standard InChI is InChI=1S/C30H33F2N9O5/c1-30(2,3)46-29(44)39-9-5-17(6-10-39)23(42)16-41-22-12-24(45-28(31)32)19(11-18(22)13-35-41)25-21(15-34-38-25)37-27(43)20-14-36-40-8-4-7-33-26(20)40/h4,7-8,11-13,15,17,28,36H,5-6,9-10,14,16H2,1-3H3,(H,34,38)(H,37,43). The van der Waals surface area contributed by atoms with Gasteiger partial charge in [0.1, 0.15) is 17.9 Å². The molecular formula is C30H33F2N9O5. The van der Waals surface area contributed by atoms with Crippen molar-refractivity contribution in [2.24, 2.45) is 10.9 Å². The molecule has 0 radical (unpaired) electrons. The number of amides is 2. The summed E-state index contributed by atoms with van der Waals surface area (Å²) in [7, 11) is 0. The zero-order valence-electron chi connectivity index (χ0n) is 25.4. The van der Waals surface area contributed by atoms with E-state index in [0.29, 0.717) is 48.2 Å². The van der Waals surface area contributed by atoms with Crippen LogP contribution >= 0.6 is 0 Å². The Labute approximate surface area is 262 Å². The van der Waals surface area contributed by atoms with E-state index in [1.165, 1.54) is 23.1 Å². The van der Waals surface area contributed by atoms with E-state index < -0.39 is 24.2 Å². The molecule has 1 aromatic carbocycles. The molecule has 2 aromatic heterocycles. The number of ketones is 1. The highest BCUT2D eigenvalue weighted by molar-refractivity contribution is 6.07. The number of allylic oxidation sites excluding steroid dienone is 1. The Balaban J connectivity index is 1.20. The predicted octanol–water partition coefficient (Wildman–Crippen LogP) is 3.81. The topological polar surface area (TPSA) is 159 Å². The molecule has 0 unspecified atom stereocenters. The van der Waals surface area contributed by atoms with Crippen LogP contribution in [0.5, 0.6) is 5.75 Å². The average molecular weight is 638 g/mol. The summed E-state index contributed by atoms with van der Waals surface area (Å²) >= 11 is 0. The predicted molar refractivity (Wildman–Crippen MR) is 163 cm³/mol. The highest BCUT2D eigenvalue weighted by Crippen LogP contribution is 2.38. The van der Waals surface area contributed by atoms with Gasteiger partial charge in [0.2, 0.25) is 0 Å². The molecule has 46 heavy (non-hydrogen) atoms. The van der Waals surface area contributed by atoms with Crippen molar-refractivity contribution in [3.8, 4) is 17.0 Å². The Morgan fingerprint density at radius 3 is 2.67 bits per heavy atom. The van der Waals surface area contributed by atoms with Gasteiger partial charge in [0.25, 0.3) is 5.91 Å². The van der Waals surface area contributed by atoms with E-state index in [2.05, 4.69) is 31.0 Å². The lowest BCUT2D eigenvalue weighted by atomic mass is 9.92. The number of ether oxygens (including phenoxy) is 2. The number of aromatic nitrogens is 4. The number of fused-ring (bicyclic) bond motifs is 2. The second-order valence-corrected chi connectivity index (χ2v) is 12.0. The number of aliphatic imine (C=N–C) groups is 1. The zero-order chi connectivity index (χ0) is 32.6. The summed E-state index contributed by atoms with van der Waals surface area (Å²) < 4.78 is 39.0. The lowest BCUT2D eigenvalue weighted by Gasteiger charge is -2.32. The average Bonchev–Trinajstić information content (AvgIpc) is 3.74. The van der Waals surface area contributed by atoms with E-state index in [0.717, 1.165) is 0 Å². The Kier molecular flexibility index (Phi) is 8.29. The number of Topliss-reactive ketones (excluding diaryl/α,β-unsaturated/α-hetero) is 1. The van der Waals surface area contributed by atoms with E-state index in [1.54, 1.807) is 55.2 Å². The zero-order valence-corrected chi connectivity index (χ0v) is 25.4. The van der Waals surface area contributed by atoms with Crippen molar-refractivity contribution in [1.29, 1.82) is 0 Å². The molecular weight excluding hydrogens is 604 g/mol. The van der Waals surface area contributed by atoms with E-state index in [1.807, 2.05) is 0 Å². The van der Waals surface area contributed by atoms with Gasteiger partial charge in [-0.1, -0.05) is 0 Å². The first-order valence-electron chi connectivity index (χ1n) is 14.7. The molecule has 0 spiro atoms. The van der Waals surface area contributed by atoms with Gasteiger partial charge in [-0.2, -0.15) is 19.0 Å². The summed E-state index contributed by atoms with van der Waals surface area (Å²) in [5.74, 6) is -0.566. The molecule has 14 nitrogen and oxygen atoms in total. The molecule has 3 N–H and O–H groups in total. The number of nitrogens with one attached hydrogen (secondary N) is 3. The number of carbonyl (C=O) groups excluding carboxylic acids is 3. The summed E-state index contributed by atoms with van der Waals surface area (Å²) in [5.41, 5.74) is 3.91. The minimum absolute atomic E-state index is 0.0825. The van der Waals surface area contributed by atoms with Gasteiger partial charge in [0.05, 0.1) is 34.9 Å². The van der Waals surface area contributed by atoms with Crippen molar-refractivity contribution in [2.45, 2.75) is 52.4 Å². The molecule has 16 heteroatoms. The van der Waals surface area contributed by atoms with Crippen molar-refractivity contribution < 1.29 is 32.6 Å². The quantitative estimate of drug-likeness (QED) is 0.334. The van der Waals surface area contributed by atoms with Crippen LogP contribution in [0.15, 0.2) is 53.2 Å². The number of carbonyl (C=O) groups is 3. The van der Waals surface area contributed by atoms with Crippen LogP contribution in [0.4, 0.5) is 19.3 Å². The summed E-state index contributed by atoms with van der Waals surface area (Å²) in [4.78, 5) is 44.7. The fourth-order valence-electron chi connectivity index (χ4n) is 5.54. The number of hydrogen-bond acceptors (Lipinski definition) is 10. The minimum atomic E-state index is -3.15. The van der Waals surface area contributed by atoms with Crippen LogP contribution in [0.1, 0.15) is 33.6 Å². The van der Waals surface area contributed by atoms with Gasteiger partial charge in [-0.05, 0) is 45.8 Å². The Bertz CT molecular complexity index is 1760. The maximum atomic E-state index is 13.6. The van der Waals surface area contributed by atoms with Crippen LogP contribution in [0.2, 0.25) is 0 Å². The SMILES string of the molecule is CC(C)(C)OC(=O)N1CCC(C(=O)Cn2ncc3cc(-c4[nH]ncc4NC(=O)C4=C5N=CC=CN5NC4)c(OC(F)F)cc32)CC1. The maximum Gasteiger partial charge on any atom is 0.410 e. The number of likely N-dealkylation sites (tertiary alicyclic amines) is 1. The summed E-state index contributed by atoms with van der Waals surface area (Å²) in [6.45, 7) is 3.18. The molecule has 0 saturated carbocycles. The number of H-pyrrole nitrogens is 1. The summed E-state index contributed by atoms with van der Waals surface area (Å²) in [6, 6.07) is 2.97. The molecule has 0 aliphatic carbocycles. The molecule has 6 rings (SSSR count). The number of halogens is 2. The van der Waals surface area contributed by atoms with Crippen LogP contribution in [-0.2, 0) is 20.9 Å². The summed E-state index contributed by atoms with van der Waals surface area (Å²) in [5, 5.41) is 16.1. The lowest BCUT2D eigenvalue weighted by molar-refractivity contribution is -0.125. The van der Waals surface area contributed by atoms with Crippen molar-refractivity contribution in [3.63, 3.8) is 0 Å². The van der Waals surface area contributed by atoms with E-state index in [-0.39, 0.29) is 47.5 Å². The number of hydrazine groups is 1. The molecule has 3 aliphatic heterocycles. The fraction of sp³-hybridized carbons (Fsp3) is 0.400. The third kappa shape index (κ3) is 6.47. The van der Waals surface area contributed by atoms with E-state index >= 15 is 0 Å². The number of aromatic amines is 1. The third-order valence-electron chi connectivity index (χ3n) is 7.74. The van der Waals surface area contributed by atoms with E-state index in [4.69, 9.17) is 9.47 Å². The van der Waals surface area contributed by atoms with Gasteiger partial charge in [-0.3, -0.25) is 24.4 Å². The third-order valence-corrected chi connectivity index (χ3v) is 7.74. The van der Waals surface area contributed by atoms with Gasteiger partial charge < -0.3 is 19.7 Å². The van der Waals surface area contributed by atoms with Crippen LogP contribution in [0, 0.1) is 5.92 Å². The first-order chi connectivity index (χ1) is 22.0. The number of rotatable bonds is 8. The lowest BCUT2D eigenvalue weighted by Crippen LogP contribution is -2.43. The number of benzene rings is 1. The summed E-state index contributed by atoms with van der Waals surface area (Å²) in [6.07, 6.45) is 8.47. The van der Waals surface area contributed by atoms with Gasteiger partial charge in [-0.25, -0.2) is 15.2 Å². The number of anilines is 1. The van der Waals surface area contributed by atoms with Crippen molar-refractivity contribution in [2.75, 3.05) is 25.0 Å². The molecule has 5 heterocycles. The van der Waals surface area contributed by atoms with Crippen LogP contribution in [0.3, 0.4) is 0 Å². The van der Waals surface area contributed by atoms with Gasteiger partial charge >= 0.3 is 12.7 Å². The first-order valence-corrected chi connectivity index (χ1v) is 14.7. The Morgan fingerprint density at radius 1 is 1.15 bits per heavy atom. The van der Waals surface area contributed by atoms with Crippen molar-refractivity contribution >= 4 is 40.6 Å². The molecule has 2 amide bonds. The number of alkyl halides is 2. The Hall–Kier alpha value is -5.12. The first kappa shape index (κ1) is 30.9. The van der Waals surface area contributed by atoms with Crippen LogP contribution < -0.4 is 15.5 Å². The highest BCUT2D eigenvalue weighted by Gasteiger charge is 2.31. The van der Waals surface area contributed by atoms with Crippen molar-refractivity contribution in [1.82, 2.24) is 35.3 Å². The maximum absolute atomic E-state index is 13.6. The Morgan fingerprint density at radius 2 is 1.93 bits per heavy atom. The molecule has 0 atom stereocenters. The normalized spacial score (nSPS) is 16.8. The monoisotopic (exact) mass is 637 g/mol. The largest absolute Gasteiger partial charge is 0.444 e. The van der Waals surface area contributed by atoms with E-state index in [9.17, 15) is 23.2 Å². The molecule has 3 aromatic rings.